The van der Waals surface area contributed by atoms with Crippen molar-refractivity contribution in [1.82, 2.24) is 14.9 Å². The molecule has 0 atom stereocenters. The van der Waals surface area contributed by atoms with E-state index in [9.17, 15) is 9.59 Å². The van der Waals surface area contributed by atoms with E-state index in [1.54, 1.807) is 24.3 Å². The van der Waals surface area contributed by atoms with E-state index in [0.29, 0.717) is 16.3 Å². The minimum Gasteiger partial charge on any atom is -0.349 e. The normalized spacial score (nSPS) is 13.4. The number of imidazole rings is 1. The van der Waals surface area contributed by atoms with Crippen LogP contribution in [-0.4, -0.2) is 33.2 Å². The first kappa shape index (κ1) is 20.8. The highest BCUT2D eigenvalue weighted by Gasteiger charge is 2.25. The molecule has 2 amide bonds. The molecular formula is C22H23ClN4O2S. The van der Waals surface area contributed by atoms with Gasteiger partial charge < -0.3 is 15.2 Å². The number of aromatic nitrogens is 2. The van der Waals surface area contributed by atoms with Gasteiger partial charge in [-0.05, 0) is 49.6 Å². The van der Waals surface area contributed by atoms with Gasteiger partial charge in [0.05, 0.1) is 28.0 Å². The van der Waals surface area contributed by atoms with E-state index in [1.807, 2.05) is 18.2 Å². The van der Waals surface area contributed by atoms with E-state index in [-0.39, 0.29) is 23.6 Å². The first-order valence-corrected chi connectivity index (χ1v) is 11.4. The number of hydrogen-bond donors (Lipinski definition) is 2. The van der Waals surface area contributed by atoms with E-state index in [2.05, 4.69) is 27.1 Å². The molecule has 3 aromatic rings. The molecule has 0 unspecified atom stereocenters. The number of anilines is 1. The van der Waals surface area contributed by atoms with Crippen LogP contribution in [0.2, 0.25) is 5.02 Å². The number of thioether (sulfide) groups is 1. The average Bonchev–Trinajstić information content (AvgIpc) is 3.48. The molecular weight excluding hydrogens is 420 g/mol. The van der Waals surface area contributed by atoms with Crippen LogP contribution in [-0.2, 0) is 11.3 Å². The number of carbonyl (C=O) groups is 2. The van der Waals surface area contributed by atoms with Gasteiger partial charge in [0.1, 0.15) is 0 Å². The Bertz CT molecular complexity index is 1090. The van der Waals surface area contributed by atoms with Crippen molar-refractivity contribution in [1.29, 1.82) is 0 Å². The average molecular weight is 443 g/mol. The van der Waals surface area contributed by atoms with Crippen LogP contribution in [0.5, 0.6) is 0 Å². The quantitative estimate of drug-likeness (QED) is 0.495. The number of para-hydroxylation sites is 1. The molecule has 6 nitrogen and oxygen atoms in total. The van der Waals surface area contributed by atoms with Gasteiger partial charge in [0, 0.05) is 17.6 Å². The summed E-state index contributed by atoms with van der Waals surface area (Å²) in [6, 6.07) is 13.0. The predicted octanol–water partition coefficient (Wildman–Crippen LogP) is 4.72. The number of amides is 2. The number of nitrogens with one attached hydrogen (secondary N) is 2. The molecule has 0 aliphatic heterocycles. The maximum Gasteiger partial charge on any atom is 0.253 e. The van der Waals surface area contributed by atoms with Crippen LogP contribution < -0.4 is 10.6 Å². The van der Waals surface area contributed by atoms with Crippen molar-refractivity contribution in [2.24, 2.45) is 0 Å². The Balaban J connectivity index is 1.45. The molecule has 8 heteroatoms. The molecule has 1 aromatic heterocycles. The lowest BCUT2D eigenvalue weighted by Crippen LogP contribution is -2.27. The number of rotatable bonds is 8. The van der Waals surface area contributed by atoms with Crippen molar-refractivity contribution >= 4 is 51.9 Å². The summed E-state index contributed by atoms with van der Waals surface area (Å²) in [6.45, 7) is 2.92. The Labute approximate surface area is 184 Å². The summed E-state index contributed by atoms with van der Waals surface area (Å²) in [6.07, 6.45) is 2.99. The molecule has 2 N–H and O–H groups in total. The maximum absolute atomic E-state index is 12.6. The van der Waals surface area contributed by atoms with Crippen LogP contribution in [0.4, 0.5) is 5.69 Å². The van der Waals surface area contributed by atoms with E-state index in [0.717, 1.165) is 42.0 Å². The van der Waals surface area contributed by atoms with Gasteiger partial charge in [-0.25, -0.2) is 4.98 Å². The van der Waals surface area contributed by atoms with Gasteiger partial charge in [-0.15, -0.1) is 0 Å². The summed E-state index contributed by atoms with van der Waals surface area (Å²) >= 11 is 7.47. The molecule has 1 heterocycles. The number of halogens is 1. The molecule has 1 aliphatic rings. The summed E-state index contributed by atoms with van der Waals surface area (Å²) in [4.78, 5) is 29.7. The summed E-state index contributed by atoms with van der Waals surface area (Å²) in [5, 5.41) is 7.25. The summed E-state index contributed by atoms with van der Waals surface area (Å²) in [5.41, 5.74) is 2.83. The Morgan fingerprint density at radius 3 is 2.80 bits per heavy atom. The van der Waals surface area contributed by atoms with Crippen molar-refractivity contribution < 1.29 is 9.59 Å². The zero-order valence-corrected chi connectivity index (χ0v) is 18.2. The van der Waals surface area contributed by atoms with Crippen molar-refractivity contribution in [3.05, 3.63) is 53.1 Å². The van der Waals surface area contributed by atoms with Gasteiger partial charge >= 0.3 is 0 Å². The van der Waals surface area contributed by atoms with Gasteiger partial charge in [0.25, 0.3) is 5.91 Å². The zero-order chi connectivity index (χ0) is 21.1. The van der Waals surface area contributed by atoms with Crippen molar-refractivity contribution in [2.75, 3.05) is 11.1 Å². The zero-order valence-electron chi connectivity index (χ0n) is 16.7. The summed E-state index contributed by atoms with van der Waals surface area (Å²) in [5.74, 6) is -0.137. The summed E-state index contributed by atoms with van der Waals surface area (Å²) < 4.78 is 2.11. The Morgan fingerprint density at radius 1 is 1.23 bits per heavy atom. The first-order chi connectivity index (χ1) is 14.5. The number of carbonyl (C=O) groups excluding carboxylic acids is 2. The van der Waals surface area contributed by atoms with Crippen LogP contribution in [0, 0.1) is 0 Å². The van der Waals surface area contributed by atoms with E-state index < -0.39 is 0 Å². The maximum atomic E-state index is 12.6. The minimum atomic E-state index is -0.181. The molecule has 1 fully saturated rings. The van der Waals surface area contributed by atoms with Gasteiger partial charge in [-0.2, -0.15) is 0 Å². The van der Waals surface area contributed by atoms with Gasteiger partial charge in [0.15, 0.2) is 5.16 Å². The lowest BCUT2D eigenvalue weighted by atomic mass is 10.1. The van der Waals surface area contributed by atoms with Crippen molar-refractivity contribution in [3.63, 3.8) is 0 Å². The first-order valence-electron chi connectivity index (χ1n) is 10.0. The number of aryl methyl sites for hydroxylation is 1. The molecule has 0 spiro atoms. The molecule has 4 rings (SSSR count). The van der Waals surface area contributed by atoms with Gasteiger partial charge in [0.2, 0.25) is 5.91 Å². The predicted molar refractivity (Wildman–Crippen MR) is 121 cm³/mol. The molecule has 2 aromatic carbocycles. The van der Waals surface area contributed by atoms with Crippen LogP contribution in [0.25, 0.3) is 11.0 Å². The van der Waals surface area contributed by atoms with E-state index in [1.165, 1.54) is 11.8 Å². The minimum absolute atomic E-state index is 0.150. The third-order valence-corrected chi connectivity index (χ3v) is 6.02. The molecule has 30 heavy (non-hydrogen) atoms. The second-order valence-corrected chi connectivity index (χ2v) is 8.69. The number of nitrogens with zero attached hydrogens (tertiary/aromatic N) is 2. The largest absolute Gasteiger partial charge is 0.349 e. The van der Waals surface area contributed by atoms with Gasteiger partial charge in [-0.1, -0.05) is 42.4 Å². The lowest BCUT2D eigenvalue weighted by molar-refractivity contribution is -0.113. The van der Waals surface area contributed by atoms with Crippen LogP contribution >= 0.6 is 23.4 Å². The topological polar surface area (TPSA) is 76.0 Å². The smallest absolute Gasteiger partial charge is 0.253 e. The fourth-order valence-electron chi connectivity index (χ4n) is 3.23. The lowest BCUT2D eigenvalue weighted by Gasteiger charge is -2.11. The molecule has 0 saturated heterocycles. The second-order valence-electron chi connectivity index (χ2n) is 7.31. The van der Waals surface area contributed by atoms with Crippen LogP contribution in [0.1, 0.15) is 36.5 Å². The Hall–Kier alpha value is -2.51. The second kappa shape index (κ2) is 9.10. The van der Waals surface area contributed by atoms with E-state index >= 15 is 0 Å². The Morgan fingerprint density at radius 2 is 2.03 bits per heavy atom. The Kier molecular flexibility index (Phi) is 6.29. The molecule has 0 radical (unpaired) electrons. The number of benzene rings is 2. The van der Waals surface area contributed by atoms with Crippen molar-refractivity contribution in [3.8, 4) is 0 Å². The van der Waals surface area contributed by atoms with Crippen molar-refractivity contribution in [2.45, 2.75) is 43.9 Å². The highest BCUT2D eigenvalue weighted by atomic mass is 35.5. The van der Waals surface area contributed by atoms with Gasteiger partial charge in [-0.3, -0.25) is 9.59 Å². The third kappa shape index (κ3) is 4.79. The number of hydrogen-bond acceptors (Lipinski definition) is 4. The fourth-order valence-corrected chi connectivity index (χ4v) is 4.24. The SMILES string of the molecule is CCCn1c(SCC(=O)Nc2ccccc2C(=O)NC2CC2)nc2cc(Cl)ccc21. The standard InChI is InChI=1S/C22H23ClN4O2S/c1-2-11-27-19-10-7-14(23)12-18(19)26-22(27)30-13-20(28)25-17-6-4-3-5-16(17)21(29)24-15-8-9-15/h3-7,10,12,15H,2,8-9,11,13H2,1H3,(H,24,29)(H,25,28). The van der Waals surface area contributed by atoms with E-state index in [4.69, 9.17) is 11.6 Å². The summed E-state index contributed by atoms with van der Waals surface area (Å²) in [7, 11) is 0. The number of fused-ring (bicyclic) bond motifs is 1. The monoisotopic (exact) mass is 442 g/mol. The molecule has 1 aliphatic carbocycles. The molecule has 0 bridgehead atoms. The fraction of sp³-hybridized carbons (Fsp3) is 0.318. The molecule has 156 valence electrons. The molecule has 1 saturated carbocycles. The third-order valence-electron chi connectivity index (χ3n) is 4.81. The highest BCUT2D eigenvalue weighted by Crippen LogP contribution is 2.27. The van der Waals surface area contributed by atoms with Crippen LogP contribution in [0.3, 0.4) is 0 Å². The highest BCUT2D eigenvalue weighted by molar-refractivity contribution is 7.99. The van der Waals surface area contributed by atoms with Crippen LogP contribution in [0.15, 0.2) is 47.6 Å².